The van der Waals surface area contributed by atoms with E-state index in [-0.39, 0.29) is 0 Å². The molecule has 1 aliphatic rings. The summed E-state index contributed by atoms with van der Waals surface area (Å²) in [6.07, 6.45) is 1.85. The third kappa shape index (κ3) is 2.34. The van der Waals surface area contributed by atoms with Gasteiger partial charge in [-0.2, -0.15) is 4.57 Å². The molecule has 0 aliphatic carbocycles. The van der Waals surface area contributed by atoms with Gasteiger partial charge in [-0.15, -0.1) is 9.78 Å². The van der Waals surface area contributed by atoms with Crippen molar-refractivity contribution in [1.29, 1.82) is 0 Å². The van der Waals surface area contributed by atoms with Crippen molar-refractivity contribution in [2.24, 2.45) is 4.99 Å². The summed E-state index contributed by atoms with van der Waals surface area (Å²) in [5, 5.41) is 3.23. The lowest BCUT2D eigenvalue weighted by Crippen LogP contribution is -2.36. The minimum Gasteiger partial charge on any atom is -0.273 e. The molecule has 0 spiro atoms. The fourth-order valence-electron chi connectivity index (χ4n) is 3.10. The molecule has 4 nitrogen and oxygen atoms in total. The summed E-state index contributed by atoms with van der Waals surface area (Å²) in [5.74, 6) is 1.03. The highest BCUT2D eigenvalue weighted by Gasteiger charge is 2.26. The quantitative estimate of drug-likeness (QED) is 0.445. The Hall–Kier alpha value is -2.79. The molecule has 2 heterocycles. The molecule has 118 valence electrons. The fourth-order valence-corrected chi connectivity index (χ4v) is 3.41. The van der Waals surface area contributed by atoms with Crippen molar-refractivity contribution in [3.05, 3.63) is 89.0 Å². The van der Waals surface area contributed by atoms with Crippen LogP contribution in [0.15, 0.2) is 72.2 Å². The lowest BCUT2D eigenvalue weighted by atomic mass is 10.0. The van der Waals surface area contributed by atoms with Crippen molar-refractivity contribution in [2.45, 2.75) is 13.1 Å². The Morgan fingerprint density at radius 3 is 2.71 bits per heavy atom. The summed E-state index contributed by atoms with van der Waals surface area (Å²) >= 11 is 5.57. The SMILES string of the molecule is C=CCn1[nH]c(=S)[n+]2c1CN=C(c1ccccc1)c1ccccc1-2. The monoisotopic (exact) mass is 333 g/mol. The van der Waals surface area contributed by atoms with Gasteiger partial charge in [-0.25, -0.2) is 0 Å². The average Bonchev–Trinajstić information content (AvgIpc) is 2.82. The zero-order valence-corrected chi connectivity index (χ0v) is 14.0. The summed E-state index contributed by atoms with van der Waals surface area (Å²) in [4.78, 5) is 4.91. The first-order valence-electron chi connectivity index (χ1n) is 7.84. The molecule has 24 heavy (non-hydrogen) atoms. The second-order valence-corrected chi connectivity index (χ2v) is 6.00. The smallest absolute Gasteiger partial charge is 0.273 e. The molecule has 0 radical (unpaired) electrons. The molecular weight excluding hydrogens is 316 g/mol. The molecular formula is C19H17N4S+. The van der Waals surface area contributed by atoms with E-state index in [1.54, 1.807) is 0 Å². The number of hydrogen-bond acceptors (Lipinski definition) is 2. The minimum atomic E-state index is 0.555. The molecule has 1 N–H and O–H groups in total. The Balaban J connectivity index is 1.99. The van der Waals surface area contributed by atoms with Crippen molar-refractivity contribution in [3.63, 3.8) is 0 Å². The van der Waals surface area contributed by atoms with E-state index in [2.05, 4.69) is 40.5 Å². The van der Waals surface area contributed by atoms with Crippen LogP contribution in [0.5, 0.6) is 0 Å². The molecule has 1 aliphatic heterocycles. The Morgan fingerprint density at radius 1 is 1.17 bits per heavy atom. The van der Waals surface area contributed by atoms with Crippen molar-refractivity contribution < 1.29 is 4.57 Å². The first-order valence-corrected chi connectivity index (χ1v) is 8.24. The van der Waals surface area contributed by atoms with Gasteiger partial charge in [0.15, 0.2) is 0 Å². The molecule has 0 amide bonds. The number of nitrogens with one attached hydrogen (secondary N) is 1. The number of hydrogen-bond donors (Lipinski definition) is 1. The van der Waals surface area contributed by atoms with Crippen LogP contribution in [0.2, 0.25) is 0 Å². The maximum atomic E-state index is 5.57. The highest BCUT2D eigenvalue weighted by molar-refractivity contribution is 7.71. The Morgan fingerprint density at radius 2 is 1.92 bits per heavy atom. The highest BCUT2D eigenvalue weighted by atomic mass is 32.1. The normalized spacial score (nSPS) is 12.8. The molecule has 0 bridgehead atoms. The largest absolute Gasteiger partial charge is 0.328 e. The zero-order valence-electron chi connectivity index (χ0n) is 13.1. The number of allylic oxidation sites excluding steroid dienone is 1. The maximum Gasteiger partial charge on any atom is 0.328 e. The predicted octanol–water partition coefficient (Wildman–Crippen LogP) is 3.36. The van der Waals surface area contributed by atoms with E-state index in [9.17, 15) is 0 Å². The highest BCUT2D eigenvalue weighted by Crippen LogP contribution is 2.20. The number of H-pyrrole nitrogens is 1. The summed E-state index contributed by atoms with van der Waals surface area (Å²) in [6, 6.07) is 18.5. The van der Waals surface area contributed by atoms with Gasteiger partial charge < -0.3 is 0 Å². The van der Waals surface area contributed by atoms with Gasteiger partial charge in [0.1, 0.15) is 18.8 Å². The van der Waals surface area contributed by atoms with Gasteiger partial charge in [-0.3, -0.25) is 4.99 Å². The van der Waals surface area contributed by atoms with Crippen LogP contribution in [0.1, 0.15) is 17.0 Å². The molecule has 0 atom stereocenters. The average molecular weight is 333 g/mol. The van der Waals surface area contributed by atoms with Crippen LogP contribution < -0.4 is 4.57 Å². The Labute approximate surface area is 145 Å². The van der Waals surface area contributed by atoms with Crippen molar-refractivity contribution in [2.75, 3.05) is 0 Å². The standard InChI is InChI=1S/C19H16N4S/c1-2-12-22-17-13-20-18(14-8-4-3-5-9-14)15-10-6-7-11-16(15)23(17)19(24)21-22/h2-11H,1,12-13H2/p+1. The van der Waals surface area contributed by atoms with Crippen molar-refractivity contribution in [1.82, 2.24) is 9.78 Å². The number of aliphatic imine (C=N–C) groups is 1. The molecule has 3 aromatic rings. The van der Waals surface area contributed by atoms with Gasteiger partial charge in [0, 0.05) is 11.1 Å². The number of aromatic amines is 1. The van der Waals surface area contributed by atoms with Crippen LogP contribution in [-0.2, 0) is 13.1 Å². The van der Waals surface area contributed by atoms with Crippen LogP contribution >= 0.6 is 12.2 Å². The number of benzene rings is 2. The number of aromatic nitrogens is 3. The molecule has 5 heteroatoms. The second-order valence-electron chi connectivity index (χ2n) is 5.62. The molecule has 1 aromatic heterocycles. The first kappa shape index (κ1) is 14.8. The topological polar surface area (TPSA) is 37.0 Å². The molecule has 4 rings (SSSR count). The van der Waals surface area contributed by atoms with Crippen molar-refractivity contribution >= 4 is 17.9 Å². The van der Waals surface area contributed by atoms with Crippen LogP contribution in [-0.4, -0.2) is 15.5 Å². The molecule has 2 aromatic carbocycles. The Bertz CT molecular complexity index is 996. The van der Waals surface area contributed by atoms with Gasteiger partial charge in [-0.05, 0) is 24.4 Å². The number of rotatable bonds is 3. The third-order valence-corrected chi connectivity index (χ3v) is 4.41. The van der Waals surface area contributed by atoms with Crippen LogP contribution in [0, 0.1) is 4.77 Å². The minimum absolute atomic E-state index is 0.555. The molecule has 0 fully saturated rings. The number of fused-ring (bicyclic) bond motifs is 3. The van der Waals surface area contributed by atoms with E-state index in [0.717, 1.165) is 28.4 Å². The lowest BCUT2D eigenvalue weighted by Gasteiger charge is -2.08. The molecule has 0 saturated carbocycles. The molecule has 0 saturated heterocycles. The van der Waals surface area contributed by atoms with E-state index < -0.39 is 0 Å². The van der Waals surface area contributed by atoms with E-state index in [4.69, 9.17) is 17.2 Å². The summed E-state index contributed by atoms with van der Waals surface area (Å²) in [6.45, 7) is 5.05. The van der Waals surface area contributed by atoms with Crippen LogP contribution in [0.4, 0.5) is 0 Å². The Kier molecular flexibility index (Phi) is 3.70. The van der Waals surface area contributed by atoms with Gasteiger partial charge in [0.25, 0.3) is 5.82 Å². The predicted molar refractivity (Wildman–Crippen MR) is 97.1 cm³/mol. The van der Waals surface area contributed by atoms with Gasteiger partial charge in [-0.1, -0.05) is 55.1 Å². The molecule has 0 unspecified atom stereocenters. The maximum absolute atomic E-state index is 5.57. The van der Waals surface area contributed by atoms with Crippen LogP contribution in [0.3, 0.4) is 0 Å². The van der Waals surface area contributed by atoms with Crippen molar-refractivity contribution in [3.8, 4) is 5.69 Å². The fraction of sp³-hybridized carbons (Fsp3) is 0.105. The van der Waals surface area contributed by atoms with E-state index in [1.165, 1.54) is 0 Å². The van der Waals surface area contributed by atoms with Gasteiger partial charge in [0.05, 0.1) is 5.71 Å². The zero-order chi connectivity index (χ0) is 16.5. The van der Waals surface area contributed by atoms with E-state index in [1.807, 2.05) is 41.1 Å². The van der Waals surface area contributed by atoms with E-state index in [0.29, 0.717) is 17.9 Å². The van der Waals surface area contributed by atoms with Crippen LogP contribution in [0.25, 0.3) is 5.69 Å². The number of para-hydroxylation sites is 1. The first-order chi connectivity index (χ1) is 11.8. The summed E-state index contributed by atoms with van der Waals surface area (Å²) in [5.41, 5.74) is 4.25. The summed E-state index contributed by atoms with van der Waals surface area (Å²) in [7, 11) is 0. The van der Waals surface area contributed by atoms with Gasteiger partial charge in [0.2, 0.25) is 0 Å². The second kappa shape index (κ2) is 6.02. The summed E-state index contributed by atoms with van der Waals surface area (Å²) < 4.78 is 4.75. The lowest BCUT2D eigenvalue weighted by molar-refractivity contribution is -0.612. The van der Waals surface area contributed by atoms with E-state index >= 15 is 0 Å². The third-order valence-electron chi connectivity index (χ3n) is 4.14. The number of nitrogens with zero attached hydrogens (tertiary/aromatic N) is 3. The van der Waals surface area contributed by atoms with Gasteiger partial charge >= 0.3 is 4.77 Å².